The lowest BCUT2D eigenvalue weighted by Gasteiger charge is -2.24. The number of hydrogen-bond donors (Lipinski definition) is 0. The fraction of sp³-hybridized carbons (Fsp3) is 0.208. The van der Waals surface area contributed by atoms with Gasteiger partial charge in [0.05, 0.1) is 28.5 Å². The van der Waals surface area contributed by atoms with Crippen LogP contribution in [0, 0.1) is 0 Å². The first kappa shape index (κ1) is 21.7. The minimum absolute atomic E-state index is 0.133. The van der Waals surface area contributed by atoms with Crippen LogP contribution in [0.2, 0.25) is 0 Å². The summed E-state index contributed by atoms with van der Waals surface area (Å²) in [6, 6.07) is 12.4. The number of benzene rings is 2. The molecule has 3 aromatic rings. The Bertz CT molecular complexity index is 1490. The summed E-state index contributed by atoms with van der Waals surface area (Å²) in [5.74, 6) is 0.698. The van der Waals surface area contributed by atoms with Crippen LogP contribution in [0.3, 0.4) is 0 Å². The van der Waals surface area contributed by atoms with E-state index in [1.165, 1.54) is 11.3 Å². The second kappa shape index (κ2) is 8.64. The van der Waals surface area contributed by atoms with Crippen LogP contribution in [-0.4, -0.2) is 23.9 Å². The van der Waals surface area contributed by atoms with Crippen LogP contribution >= 0.6 is 27.3 Å². The fourth-order valence-corrected chi connectivity index (χ4v) is 5.40. The van der Waals surface area contributed by atoms with Gasteiger partial charge >= 0.3 is 5.97 Å². The molecule has 3 heterocycles. The number of hydrogen-bond acceptors (Lipinski definition) is 7. The lowest BCUT2D eigenvalue weighted by molar-refractivity contribution is -0.139. The Hall–Kier alpha value is -3.17. The van der Waals surface area contributed by atoms with Crippen molar-refractivity contribution in [3.05, 3.63) is 89.0 Å². The van der Waals surface area contributed by atoms with E-state index in [1.54, 1.807) is 30.5 Å². The molecule has 2 aliphatic rings. The number of carbonyl (C=O) groups excluding carboxylic acids is 1. The van der Waals surface area contributed by atoms with Crippen molar-refractivity contribution in [3.63, 3.8) is 0 Å². The zero-order chi connectivity index (χ0) is 23.1. The van der Waals surface area contributed by atoms with Crippen LogP contribution in [0.15, 0.2) is 68.0 Å². The van der Waals surface area contributed by atoms with Crippen LogP contribution in [0.5, 0.6) is 11.5 Å². The average molecular weight is 527 g/mol. The summed E-state index contributed by atoms with van der Waals surface area (Å²) in [6.45, 7) is 3.86. The molecule has 0 aliphatic carbocycles. The summed E-state index contributed by atoms with van der Waals surface area (Å²) >= 11 is 4.75. The van der Waals surface area contributed by atoms with E-state index in [2.05, 4.69) is 20.9 Å². The van der Waals surface area contributed by atoms with Gasteiger partial charge in [-0.2, -0.15) is 0 Å². The molecule has 2 aliphatic heterocycles. The first-order valence-corrected chi connectivity index (χ1v) is 11.9. The van der Waals surface area contributed by atoms with Crippen LogP contribution in [0.1, 0.15) is 31.0 Å². The summed E-state index contributed by atoms with van der Waals surface area (Å²) in [7, 11) is 0. The predicted octanol–water partition coefficient (Wildman–Crippen LogP) is 3.29. The number of fused-ring (bicyclic) bond motifs is 2. The van der Waals surface area contributed by atoms with Gasteiger partial charge in [0, 0.05) is 4.47 Å². The van der Waals surface area contributed by atoms with Gasteiger partial charge in [0.2, 0.25) is 6.79 Å². The first-order chi connectivity index (χ1) is 16.0. The molecule has 1 aromatic heterocycles. The van der Waals surface area contributed by atoms with Crippen molar-refractivity contribution in [3.8, 4) is 11.5 Å². The second-order valence-electron chi connectivity index (χ2n) is 7.47. The maximum Gasteiger partial charge on any atom is 0.338 e. The standard InChI is InChI=1S/C24H19BrN2O5S/c1-3-30-23(29)20-13(2)26-24-27(21(20)15-7-8-17-18(11-15)32-12-31-17)22(28)19(33-24)10-14-5-4-6-16(25)9-14/h4-11,21H,3,12H2,1-2H3/b19-10+/t21-/m1/s1. The Labute approximate surface area is 201 Å². The van der Waals surface area contributed by atoms with E-state index < -0.39 is 12.0 Å². The Morgan fingerprint density at radius 3 is 2.88 bits per heavy atom. The molecule has 9 heteroatoms. The van der Waals surface area contributed by atoms with E-state index in [9.17, 15) is 9.59 Å². The Balaban J connectivity index is 1.73. The van der Waals surface area contributed by atoms with E-state index in [4.69, 9.17) is 14.2 Å². The van der Waals surface area contributed by atoms with Crippen molar-refractivity contribution in [1.82, 2.24) is 4.57 Å². The molecule has 0 saturated heterocycles. The first-order valence-electron chi connectivity index (χ1n) is 10.3. The van der Waals surface area contributed by atoms with E-state index in [-0.39, 0.29) is 19.0 Å². The van der Waals surface area contributed by atoms with Gasteiger partial charge < -0.3 is 14.2 Å². The maximum absolute atomic E-state index is 13.6. The molecular formula is C24H19BrN2O5S. The highest BCUT2D eigenvalue weighted by molar-refractivity contribution is 9.10. The van der Waals surface area contributed by atoms with Crippen molar-refractivity contribution in [2.45, 2.75) is 19.9 Å². The highest BCUT2D eigenvalue weighted by atomic mass is 79.9. The summed E-state index contributed by atoms with van der Waals surface area (Å²) in [4.78, 5) is 31.7. The van der Waals surface area contributed by atoms with Gasteiger partial charge in [0.25, 0.3) is 5.56 Å². The number of rotatable bonds is 4. The minimum Gasteiger partial charge on any atom is -0.463 e. The number of thiazole rings is 1. The van der Waals surface area contributed by atoms with E-state index in [0.717, 1.165) is 10.0 Å². The van der Waals surface area contributed by atoms with Gasteiger partial charge in [-0.15, -0.1) is 0 Å². The van der Waals surface area contributed by atoms with E-state index in [1.807, 2.05) is 36.4 Å². The van der Waals surface area contributed by atoms with Gasteiger partial charge in [-0.3, -0.25) is 9.36 Å². The normalized spacial score (nSPS) is 17.1. The molecule has 168 valence electrons. The van der Waals surface area contributed by atoms with Crippen molar-refractivity contribution in [1.29, 1.82) is 0 Å². The lowest BCUT2D eigenvalue weighted by atomic mass is 9.95. The largest absolute Gasteiger partial charge is 0.463 e. The highest BCUT2D eigenvalue weighted by Gasteiger charge is 2.34. The Kier molecular flexibility index (Phi) is 5.67. The van der Waals surface area contributed by atoms with Gasteiger partial charge in [0.1, 0.15) is 0 Å². The average Bonchev–Trinajstić information content (AvgIpc) is 3.37. The number of ether oxygens (including phenoxy) is 3. The van der Waals surface area contributed by atoms with Crippen molar-refractivity contribution in [2.75, 3.05) is 13.4 Å². The molecular weight excluding hydrogens is 508 g/mol. The number of nitrogens with zero attached hydrogens (tertiary/aromatic N) is 2. The van der Waals surface area contributed by atoms with Gasteiger partial charge in [-0.25, -0.2) is 9.79 Å². The third-order valence-corrected chi connectivity index (χ3v) is 6.85. The molecule has 33 heavy (non-hydrogen) atoms. The van der Waals surface area contributed by atoms with Crippen LogP contribution < -0.4 is 24.4 Å². The maximum atomic E-state index is 13.6. The quantitative estimate of drug-likeness (QED) is 0.487. The molecule has 0 radical (unpaired) electrons. The predicted molar refractivity (Wildman–Crippen MR) is 127 cm³/mol. The van der Waals surface area contributed by atoms with Gasteiger partial charge in [-0.1, -0.05) is 45.5 Å². The second-order valence-corrected chi connectivity index (χ2v) is 9.39. The number of esters is 1. The van der Waals surface area contributed by atoms with Crippen LogP contribution in [0.25, 0.3) is 6.08 Å². The molecule has 0 N–H and O–H groups in total. The Morgan fingerprint density at radius 2 is 2.09 bits per heavy atom. The molecule has 7 nitrogen and oxygen atoms in total. The molecule has 0 amide bonds. The number of allylic oxidation sites excluding steroid dienone is 1. The summed E-state index contributed by atoms with van der Waals surface area (Å²) in [5, 5.41) is 0. The van der Waals surface area contributed by atoms with Crippen molar-refractivity contribution >= 4 is 39.3 Å². The minimum atomic E-state index is -0.695. The third kappa shape index (κ3) is 3.91. The molecule has 0 unspecified atom stereocenters. The molecule has 2 aromatic carbocycles. The summed E-state index contributed by atoms with van der Waals surface area (Å²) in [5.41, 5.74) is 2.22. The van der Waals surface area contributed by atoms with E-state index in [0.29, 0.717) is 37.7 Å². The molecule has 0 fully saturated rings. The highest BCUT2D eigenvalue weighted by Crippen LogP contribution is 2.38. The molecule has 1 atom stereocenters. The monoisotopic (exact) mass is 526 g/mol. The third-order valence-electron chi connectivity index (χ3n) is 5.38. The lowest BCUT2D eigenvalue weighted by Crippen LogP contribution is -2.39. The van der Waals surface area contributed by atoms with Gasteiger partial charge in [0.15, 0.2) is 16.3 Å². The molecule has 0 bridgehead atoms. The zero-order valence-electron chi connectivity index (χ0n) is 17.8. The topological polar surface area (TPSA) is 79.1 Å². The number of halogens is 1. The Morgan fingerprint density at radius 1 is 1.27 bits per heavy atom. The SMILES string of the molecule is CCOC(=O)C1=C(C)N=c2s/c(=C/c3cccc(Br)c3)c(=O)n2[C@@H]1c1ccc2c(c1)OCO2. The molecule has 0 saturated carbocycles. The smallest absolute Gasteiger partial charge is 0.338 e. The zero-order valence-corrected chi connectivity index (χ0v) is 20.2. The van der Waals surface area contributed by atoms with E-state index >= 15 is 0 Å². The van der Waals surface area contributed by atoms with Crippen LogP contribution in [0.4, 0.5) is 0 Å². The van der Waals surface area contributed by atoms with Crippen molar-refractivity contribution < 1.29 is 19.0 Å². The van der Waals surface area contributed by atoms with Crippen molar-refractivity contribution in [2.24, 2.45) is 4.99 Å². The summed E-state index contributed by atoms with van der Waals surface area (Å²) in [6.07, 6.45) is 1.83. The molecule has 0 spiro atoms. The van der Waals surface area contributed by atoms with Crippen LogP contribution in [-0.2, 0) is 9.53 Å². The summed E-state index contributed by atoms with van der Waals surface area (Å²) < 4.78 is 19.3. The molecule has 5 rings (SSSR count). The fourth-order valence-electron chi connectivity index (χ4n) is 3.94. The van der Waals surface area contributed by atoms with Gasteiger partial charge in [-0.05, 0) is 55.3 Å². The number of carbonyl (C=O) groups is 1. The number of aromatic nitrogens is 1.